The number of nitrogens with one attached hydrogen (secondary N) is 3. The van der Waals surface area contributed by atoms with E-state index in [4.69, 9.17) is 0 Å². The number of rotatable bonds is 12. The Hall–Kier alpha value is -3.21. The number of carboxylic acids is 1. The van der Waals surface area contributed by atoms with Crippen LogP contribution in [-0.4, -0.2) is 55.6 Å². The summed E-state index contributed by atoms with van der Waals surface area (Å²) in [5.74, 6) is -0.983. The van der Waals surface area contributed by atoms with Crippen molar-refractivity contribution in [2.75, 3.05) is 19.6 Å². The average molecular weight is 541 g/mol. The number of amides is 1. The molecule has 38 heavy (non-hydrogen) atoms. The normalized spacial score (nSPS) is 15.4. The fraction of sp³-hybridized carbons (Fsp3) is 0.429. The highest BCUT2D eigenvalue weighted by Gasteiger charge is 2.26. The van der Waals surface area contributed by atoms with Crippen LogP contribution in [-0.2, 0) is 32.6 Å². The number of fused-ring (bicyclic) bond motifs is 1. The van der Waals surface area contributed by atoms with Crippen molar-refractivity contribution in [3.63, 3.8) is 0 Å². The lowest BCUT2D eigenvalue weighted by atomic mass is 9.93. The summed E-state index contributed by atoms with van der Waals surface area (Å²) in [6, 6.07) is 12.5. The van der Waals surface area contributed by atoms with Gasteiger partial charge in [-0.15, -0.1) is 0 Å². The number of hydrogen-bond donors (Lipinski definition) is 4. The SMILES string of the molecule is Cc1ccc(S(=O)(=O)N[C@@H](CNC(=O)Cc2cn(CCCC3CCNCC3)c3ccccc23)C(=O)O)cc1. The minimum Gasteiger partial charge on any atom is -0.480 e. The van der Waals surface area contributed by atoms with Gasteiger partial charge < -0.3 is 20.3 Å². The molecule has 4 N–H and O–H groups in total. The molecule has 0 radical (unpaired) electrons. The Morgan fingerprint density at radius 3 is 2.53 bits per heavy atom. The zero-order valence-electron chi connectivity index (χ0n) is 21.7. The number of hydrogen-bond acceptors (Lipinski definition) is 5. The number of aliphatic carboxylic acids is 1. The van der Waals surface area contributed by atoms with Crippen LogP contribution in [0, 0.1) is 12.8 Å². The highest BCUT2D eigenvalue weighted by atomic mass is 32.2. The van der Waals surface area contributed by atoms with E-state index in [0.717, 1.165) is 54.0 Å². The maximum Gasteiger partial charge on any atom is 0.323 e. The summed E-state index contributed by atoms with van der Waals surface area (Å²) in [5, 5.41) is 16.5. The molecule has 1 atom stereocenters. The van der Waals surface area contributed by atoms with Crippen LogP contribution in [0.5, 0.6) is 0 Å². The molecule has 1 aromatic heterocycles. The first kappa shape index (κ1) is 27.8. The van der Waals surface area contributed by atoms with Gasteiger partial charge in [-0.2, -0.15) is 4.72 Å². The molecule has 10 heteroatoms. The number of para-hydroxylation sites is 1. The second-order valence-corrected chi connectivity index (χ2v) is 11.7. The average Bonchev–Trinajstić information content (AvgIpc) is 3.24. The molecule has 0 saturated carbocycles. The summed E-state index contributed by atoms with van der Waals surface area (Å²) in [4.78, 5) is 24.5. The standard InChI is InChI=1S/C28H36N4O5S/c1-20-8-10-23(11-9-20)38(36,37)31-25(28(34)35)18-30-27(33)17-22-19-32(26-7-3-2-6-24(22)26)16-4-5-21-12-14-29-15-13-21/h2-3,6-11,19,21,25,29,31H,4-5,12-18H2,1H3,(H,30,33)(H,34,35)/t25-/m0/s1. The molecule has 2 heterocycles. The van der Waals surface area contributed by atoms with Crippen LogP contribution in [0.2, 0.25) is 0 Å². The van der Waals surface area contributed by atoms with Crippen LogP contribution in [0.1, 0.15) is 36.8 Å². The summed E-state index contributed by atoms with van der Waals surface area (Å²) >= 11 is 0. The van der Waals surface area contributed by atoms with Gasteiger partial charge in [0.25, 0.3) is 0 Å². The largest absolute Gasteiger partial charge is 0.480 e. The first-order valence-electron chi connectivity index (χ1n) is 13.1. The van der Waals surface area contributed by atoms with Crippen LogP contribution in [0.15, 0.2) is 59.6 Å². The zero-order valence-corrected chi connectivity index (χ0v) is 22.5. The van der Waals surface area contributed by atoms with Crippen LogP contribution in [0.25, 0.3) is 10.9 Å². The van der Waals surface area contributed by atoms with Gasteiger partial charge >= 0.3 is 5.97 Å². The Balaban J connectivity index is 1.37. The second kappa shape index (κ2) is 12.6. The van der Waals surface area contributed by atoms with E-state index in [0.29, 0.717) is 0 Å². The van der Waals surface area contributed by atoms with E-state index in [1.54, 1.807) is 12.1 Å². The number of carbonyl (C=O) groups excluding carboxylic acids is 1. The molecule has 3 aromatic rings. The fourth-order valence-corrected chi connectivity index (χ4v) is 6.16. The van der Waals surface area contributed by atoms with Crippen molar-refractivity contribution in [3.05, 3.63) is 65.9 Å². The van der Waals surface area contributed by atoms with Gasteiger partial charge in [-0.1, -0.05) is 35.9 Å². The van der Waals surface area contributed by atoms with Gasteiger partial charge in [0.15, 0.2) is 0 Å². The van der Waals surface area contributed by atoms with Crippen molar-refractivity contribution in [1.82, 2.24) is 19.9 Å². The van der Waals surface area contributed by atoms with Crippen LogP contribution in [0.4, 0.5) is 0 Å². The van der Waals surface area contributed by atoms with Crippen molar-refractivity contribution in [1.29, 1.82) is 0 Å². The summed E-state index contributed by atoms with van der Waals surface area (Å²) in [5.41, 5.74) is 2.80. The van der Waals surface area contributed by atoms with Crippen molar-refractivity contribution in [2.24, 2.45) is 5.92 Å². The van der Waals surface area contributed by atoms with Crippen LogP contribution in [0.3, 0.4) is 0 Å². The minimum atomic E-state index is -4.06. The molecule has 4 rings (SSSR count). The van der Waals surface area contributed by atoms with Crippen LogP contribution < -0.4 is 15.4 Å². The lowest BCUT2D eigenvalue weighted by Gasteiger charge is -2.22. The van der Waals surface area contributed by atoms with Gasteiger partial charge in [0.2, 0.25) is 15.9 Å². The molecule has 2 aromatic carbocycles. The molecular weight excluding hydrogens is 504 g/mol. The van der Waals surface area contributed by atoms with Crippen molar-refractivity contribution in [3.8, 4) is 0 Å². The number of aryl methyl sites for hydroxylation is 2. The number of sulfonamides is 1. The molecule has 0 aliphatic carbocycles. The highest BCUT2D eigenvalue weighted by molar-refractivity contribution is 7.89. The quantitative estimate of drug-likeness (QED) is 0.280. The van der Waals surface area contributed by atoms with E-state index in [1.165, 1.54) is 31.4 Å². The third kappa shape index (κ3) is 7.21. The number of carbonyl (C=O) groups is 2. The monoisotopic (exact) mass is 540 g/mol. The lowest BCUT2D eigenvalue weighted by molar-refractivity contribution is -0.138. The number of piperidine rings is 1. The first-order chi connectivity index (χ1) is 18.2. The summed E-state index contributed by atoms with van der Waals surface area (Å²) in [6.45, 7) is 4.51. The van der Waals surface area contributed by atoms with Gasteiger partial charge in [-0.3, -0.25) is 9.59 Å². The summed E-state index contributed by atoms with van der Waals surface area (Å²) in [6.07, 6.45) is 6.75. The molecular formula is C28H36N4O5S. The molecule has 1 fully saturated rings. The van der Waals surface area contributed by atoms with E-state index in [9.17, 15) is 23.1 Å². The molecule has 0 bridgehead atoms. The summed E-state index contributed by atoms with van der Waals surface area (Å²) in [7, 11) is -4.06. The molecule has 204 valence electrons. The molecule has 1 aliphatic rings. The Morgan fingerprint density at radius 1 is 1.11 bits per heavy atom. The van der Waals surface area contributed by atoms with Crippen LogP contribution >= 0.6 is 0 Å². The van der Waals surface area contributed by atoms with Gasteiger partial charge in [0.1, 0.15) is 6.04 Å². The Kier molecular flexibility index (Phi) is 9.19. The third-order valence-electron chi connectivity index (χ3n) is 7.12. The van der Waals surface area contributed by atoms with Crippen molar-refractivity contribution < 1.29 is 23.1 Å². The smallest absolute Gasteiger partial charge is 0.323 e. The van der Waals surface area contributed by atoms with Crippen molar-refractivity contribution >= 4 is 32.8 Å². The number of nitrogens with zero attached hydrogens (tertiary/aromatic N) is 1. The van der Waals surface area contributed by atoms with E-state index in [2.05, 4.69) is 19.9 Å². The fourth-order valence-electron chi connectivity index (χ4n) is 4.97. The van der Waals surface area contributed by atoms with E-state index >= 15 is 0 Å². The Labute approximate surface area is 223 Å². The first-order valence-corrected chi connectivity index (χ1v) is 14.6. The molecule has 1 saturated heterocycles. The van der Waals surface area contributed by atoms with Gasteiger partial charge in [0, 0.05) is 30.2 Å². The van der Waals surface area contributed by atoms with Gasteiger partial charge in [0.05, 0.1) is 11.3 Å². The highest BCUT2D eigenvalue weighted by Crippen LogP contribution is 2.24. The second-order valence-electron chi connectivity index (χ2n) is 10.0. The number of carboxylic acid groups (broad SMARTS) is 1. The zero-order chi connectivity index (χ0) is 27.1. The van der Waals surface area contributed by atoms with Crippen molar-refractivity contribution in [2.45, 2.75) is 56.5 Å². The number of aromatic nitrogens is 1. The predicted molar refractivity (Wildman–Crippen MR) is 146 cm³/mol. The molecule has 0 unspecified atom stereocenters. The molecule has 9 nitrogen and oxygen atoms in total. The van der Waals surface area contributed by atoms with E-state index < -0.39 is 22.0 Å². The summed E-state index contributed by atoms with van der Waals surface area (Å²) < 4.78 is 29.6. The topological polar surface area (TPSA) is 130 Å². The van der Waals surface area contributed by atoms with Gasteiger partial charge in [-0.25, -0.2) is 8.42 Å². The molecule has 1 aliphatic heterocycles. The third-order valence-corrected chi connectivity index (χ3v) is 8.61. The Morgan fingerprint density at radius 2 is 1.82 bits per heavy atom. The predicted octanol–water partition coefficient (Wildman–Crippen LogP) is 2.82. The molecule has 1 amide bonds. The molecule has 0 spiro atoms. The lowest BCUT2D eigenvalue weighted by Crippen LogP contribution is -2.48. The van der Waals surface area contributed by atoms with Gasteiger partial charge in [-0.05, 0) is 75.4 Å². The maximum atomic E-state index is 12.8. The Bertz CT molecular complexity index is 1360. The maximum absolute atomic E-state index is 12.8. The minimum absolute atomic E-state index is 0.0337. The van der Waals surface area contributed by atoms with E-state index in [1.807, 2.05) is 37.4 Å². The van der Waals surface area contributed by atoms with E-state index in [-0.39, 0.29) is 23.8 Å². The number of benzene rings is 2.